The normalized spacial score (nSPS) is 10.4. The van der Waals surface area contributed by atoms with Crippen LogP contribution in [0, 0.1) is 11.6 Å². The van der Waals surface area contributed by atoms with E-state index < -0.39 is 17.4 Å². The van der Waals surface area contributed by atoms with Crippen molar-refractivity contribution in [1.29, 1.82) is 0 Å². The summed E-state index contributed by atoms with van der Waals surface area (Å²) in [7, 11) is 0. The molecular weight excluding hydrogens is 258 g/mol. The second-order valence-corrected chi connectivity index (χ2v) is 4.24. The number of benzene rings is 2. The molecule has 0 spiro atoms. The molecule has 1 nitrogen and oxygen atoms in total. The van der Waals surface area contributed by atoms with Crippen LogP contribution in [0.1, 0.15) is 15.9 Å². The van der Waals surface area contributed by atoms with E-state index in [0.29, 0.717) is 0 Å². The van der Waals surface area contributed by atoms with Crippen LogP contribution in [-0.2, 0) is 6.42 Å². The van der Waals surface area contributed by atoms with Gasteiger partial charge in [0.1, 0.15) is 11.6 Å². The Morgan fingerprint density at radius 3 is 2.39 bits per heavy atom. The second kappa shape index (κ2) is 5.27. The number of ketones is 1. The van der Waals surface area contributed by atoms with Gasteiger partial charge in [-0.2, -0.15) is 0 Å². The Hall–Kier alpha value is -1.74. The van der Waals surface area contributed by atoms with Gasteiger partial charge in [-0.1, -0.05) is 41.9 Å². The summed E-state index contributed by atoms with van der Waals surface area (Å²) in [5.41, 5.74) is 0.470. The first-order valence-corrected chi connectivity index (χ1v) is 5.67. The predicted molar refractivity (Wildman–Crippen MR) is 65.8 cm³/mol. The summed E-state index contributed by atoms with van der Waals surface area (Å²) in [5.74, 6) is -2.08. The molecule has 0 aliphatic heterocycles. The highest BCUT2D eigenvalue weighted by Gasteiger charge is 2.15. The standard InChI is InChI=1S/C14H9ClF2O/c15-11-8-12(16)10(7-13(11)17)14(18)6-9-4-2-1-3-5-9/h1-5,7-8H,6H2. The lowest BCUT2D eigenvalue weighted by molar-refractivity contribution is 0.0988. The predicted octanol–water partition coefficient (Wildman–Crippen LogP) is 4.04. The van der Waals surface area contributed by atoms with Gasteiger partial charge in [-0.05, 0) is 17.7 Å². The highest BCUT2D eigenvalue weighted by Crippen LogP contribution is 2.20. The smallest absolute Gasteiger partial charge is 0.170 e. The molecule has 2 aromatic carbocycles. The molecule has 4 heteroatoms. The van der Waals surface area contributed by atoms with E-state index in [0.717, 1.165) is 17.7 Å². The van der Waals surface area contributed by atoms with E-state index in [-0.39, 0.29) is 17.0 Å². The molecule has 0 bridgehead atoms. The maximum atomic E-state index is 13.5. The molecule has 2 aromatic rings. The average Bonchev–Trinajstić information content (AvgIpc) is 2.35. The van der Waals surface area contributed by atoms with Crippen molar-refractivity contribution >= 4 is 17.4 Å². The van der Waals surface area contributed by atoms with Crippen molar-refractivity contribution in [3.8, 4) is 0 Å². The maximum Gasteiger partial charge on any atom is 0.170 e. The van der Waals surface area contributed by atoms with Crippen LogP contribution in [0.5, 0.6) is 0 Å². The quantitative estimate of drug-likeness (QED) is 0.605. The largest absolute Gasteiger partial charge is 0.294 e. The van der Waals surface area contributed by atoms with Gasteiger partial charge in [0.25, 0.3) is 0 Å². The molecule has 18 heavy (non-hydrogen) atoms. The zero-order chi connectivity index (χ0) is 13.1. The van der Waals surface area contributed by atoms with Crippen molar-refractivity contribution in [1.82, 2.24) is 0 Å². The number of halogens is 3. The van der Waals surface area contributed by atoms with E-state index in [1.807, 2.05) is 6.07 Å². The number of hydrogen-bond acceptors (Lipinski definition) is 1. The number of carbonyl (C=O) groups excluding carboxylic acids is 1. The number of hydrogen-bond donors (Lipinski definition) is 0. The first-order chi connectivity index (χ1) is 8.58. The van der Waals surface area contributed by atoms with Gasteiger partial charge in [0.05, 0.1) is 10.6 Å². The number of rotatable bonds is 3. The number of Topliss-reactive ketones (excluding diaryl/α,β-unsaturated/α-hetero) is 1. The Labute approximate surface area is 108 Å². The molecular formula is C14H9ClF2O. The Kier molecular flexibility index (Phi) is 3.72. The second-order valence-electron chi connectivity index (χ2n) is 3.83. The average molecular weight is 267 g/mol. The molecule has 0 amide bonds. The molecule has 0 aliphatic carbocycles. The summed E-state index contributed by atoms with van der Waals surface area (Å²) in [6.07, 6.45) is 0.0266. The van der Waals surface area contributed by atoms with Crippen molar-refractivity contribution < 1.29 is 13.6 Å². The van der Waals surface area contributed by atoms with E-state index in [2.05, 4.69) is 0 Å². The third kappa shape index (κ3) is 2.74. The lowest BCUT2D eigenvalue weighted by Crippen LogP contribution is -2.07. The van der Waals surface area contributed by atoms with Gasteiger partial charge in [-0.15, -0.1) is 0 Å². The van der Waals surface area contributed by atoms with Crippen LogP contribution in [0.3, 0.4) is 0 Å². The molecule has 0 aliphatic rings. The first kappa shape index (κ1) is 12.7. The van der Waals surface area contributed by atoms with Crippen LogP contribution < -0.4 is 0 Å². The van der Waals surface area contributed by atoms with Crippen LogP contribution >= 0.6 is 11.6 Å². The molecule has 0 fully saturated rings. The van der Waals surface area contributed by atoms with Crippen LogP contribution in [0.4, 0.5) is 8.78 Å². The van der Waals surface area contributed by atoms with Crippen molar-refractivity contribution in [3.63, 3.8) is 0 Å². The molecule has 2 rings (SSSR count). The van der Waals surface area contributed by atoms with Gasteiger partial charge >= 0.3 is 0 Å². The van der Waals surface area contributed by atoms with Crippen molar-refractivity contribution in [2.75, 3.05) is 0 Å². The minimum atomic E-state index is -0.803. The summed E-state index contributed by atoms with van der Waals surface area (Å²) in [4.78, 5) is 11.8. The Morgan fingerprint density at radius 1 is 1.06 bits per heavy atom. The highest BCUT2D eigenvalue weighted by atomic mass is 35.5. The van der Waals surface area contributed by atoms with Crippen LogP contribution in [0.2, 0.25) is 5.02 Å². The van der Waals surface area contributed by atoms with E-state index in [1.54, 1.807) is 24.3 Å². The topological polar surface area (TPSA) is 17.1 Å². The zero-order valence-corrected chi connectivity index (χ0v) is 10.0. The SMILES string of the molecule is O=C(Cc1ccccc1)c1cc(F)c(Cl)cc1F. The van der Waals surface area contributed by atoms with Gasteiger partial charge in [0.2, 0.25) is 0 Å². The van der Waals surface area contributed by atoms with Gasteiger partial charge < -0.3 is 0 Å². The van der Waals surface area contributed by atoms with E-state index in [4.69, 9.17) is 11.6 Å². The van der Waals surface area contributed by atoms with Crippen LogP contribution in [0.25, 0.3) is 0 Å². The summed E-state index contributed by atoms with van der Waals surface area (Å²) in [6.45, 7) is 0. The Morgan fingerprint density at radius 2 is 1.72 bits per heavy atom. The minimum absolute atomic E-state index is 0.0266. The third-order valence-corrected chi connectivity index (χ3v) is 2.81. The summed E-state index contributed by atoms with van der Waals surface area (Å²) in [6, 6.07) is 10.5. The van der Waals surface area contributed by atoms with Crippen LogP contribution in [-0.4, -0.2) is 5.78 Å². The Balaban J connectivity index is 2.27. The van der Waals surface area contributed by atoms with Gasteiger partial charge in [-0.3, -0.25) is 4.79 Å². The van der Waals surface area contributed by atoms with Crippen LogP contribution in [0.15, 0.2) is 42.5 Å². The summed E-state index contributed by atoms with van der Waals surface area (Å²) in [5, 5.41) is -0.330. The molecule has 0 unspecified atom stereocenters. The fourth-order valence-corrected chi connectivity index (χ4v) is 1.76. The molecule has 92 valence electrons. The molecule has 0 radical (unpaired) electrons. The van der Waals surface area contributed by atoms with Crippen molar-refractivity contribution in [3.05, 3.63) is 70.2 Å². The monoisotopic (exact) mass is 266 g/mol. The molecule has 0 aromatic heterocycles. The molecule has 0 N–H and O–H groups in total. The first-order valence-electron chi connectivity index (χ1n) is 5.29. The number of carbonyl (C=O) groups is 1. The zero-order valence-electron chi connectivity index (χ0n) is 9.29. The van der Waals surface area contributed by atoms with Gasteiger partial charge in [-0.25, -0.2) is 8.78 Å². The minimum Gasteiger partial charge on any atom is -0.294 e. The lowest BCUT2D eigenvalue weighted by Gasteiger charge is -2.04. The van der Waals surface area contributed by atoms with Crippen molar-refractivity contribution in [2.45, 2.75) is 6.42 Å². The maximum absolute atomic E-state index is 13.5. The Bertz CT molecular complexity index is 582. The fraction of sp³-hybridized carbons (Fsp3) is 0.0714. The highest BCUT2D eigenvalue weighted by molar-refractivity contribution is 6.30. The summed E-state index contributed by atoms with van der Waals surface area (Å²) < 4.78 is 26.7. The summed E-state index contributed by atoms with van der Waals surface area (Å²) >= 11 is 5.42. The fourth-order valence-electron chi connectivity index (χ4n) is 1.61. The third-order valence-electron chi connectivity index (χ3n) is 2.52. The lowest BCUT2D eigenvalue weighted by atomic mass is 10.0. The van der Waals surface area contributed by atoms with Gasteiger partial charge in [0, 0.05) is 6.42 Å². The van der Waals surface area contributed by atoms with E-state index in [9.17, 15) is 13.6 Å². The van der Waals surface area contributed by atoms with E-state index in [1.165, 1.54) is 0 Å². The molecule has 0 saturated carbocycles. The molecule has 0 saturated heterocycles. The van der Waals surface area contributed by atoms with Crippen molar-refractivity contribution in [2.24, 2.45) is 0 Å². The molecule has 0 atom stereocenters. The van der Waals surface area contributed by atoms with Gasteiger partial charge in [0.15, 0.2) is 5.78 Å². The van der Waals surface area contributed by atoms with E-state index >= 15 is 0 Å². The molecule has 0 heterocycles.